The zero-order valence-electron chi connectivity index (χ0n) is 19.0. The lowest BCUT2D eigenvalue weighted by Crippen LogP contribution is -2.42. The van der Waals surface area contributed by atoms with Crippen LogP contribution in [-0.2, 0) is 25.0 Å². The Kier molecular flexibility index (Phi) is 7.64. The fourth-order valence-corrected chi connectivity index (χ4v) is 4.83. The number of oxime groups is 1. The number of rotatable bonds is 5. The molecule has 2 amide bonds. The number of halogens is 5. The lowest BCUT2D eigenvalue weighted by Gasteiger charge is -2.29. The van der Waals surface area contributed by atoms with Gasteiger partial charge in [0.25, 0.3) is 11.5 Å². The van der Waals surface area contributed by atoms with Crippen LogP contribution in [0.3, 0.4) is 0 Å². The van der Waals surface area contributed by atoms with Crippen molar-refractivity contribution in [2.45, 2.75) is 25.1 Å². The second-order valence-corrected chi connectivity index (χ2v) is 11.1. The summed E-state index contributed by atoms with van der Waals surface area (Å²) in [6.07, 6.45) is -5.94. The molecule has 0 spiro atoms. The molecule has 3 rings (SSSR count). The predicted octanol–water partition coefficient (Wildman–Crippen LogP) is 5.09. The molecule has 0 N–H and O–H groups in total. The predicted molar refractivity (Wildman–Crippen MR) is 126 cm³/mol. The molecule has 1 aliphatic heterocycles. The highest BCUT2D eigenvalue weighted by molar-refractivity contribution is 7.90. The van der Waals surface area contributed by atoms with Gasteiger partial charge in [-0.2, -0.15) is 13.2 Å². The Hall–Kier alpha value is -2.83. The number of aryl methyl sites for hydroxylation is 1. The molecule has 0 saturated heterocycles. The summed E-state index contributed by atoms with van der Waals surface area (Å²) in [4.78, 5) is 30.3. The lowest BCUT2D eigenvalue weighted by molar-refractivity contribution is -0.275. The van der Waals surface area contributed by atoms with E-state index in [1.54, 1.807) is 0 Å². The number of carbonyl (C=O) groups is 2. The number of sulfone groups is 1. The Morgan fingerprint density at radius 2 is 1.78 bits per heavy atom. The van der Waals surface area contributed by atoms with Crippen molar-refractivity contribution in [3.63, 3.8) is 0 Å². The minimum atomic E-state index is -4.89. The van der Waals surface area contributed by atoms with E-state index >= 15 is 0 Å². The monoisotopic (exact) mass is 566 g/mol. The van der Waals surface area contributed by atoms with Crippen LogP contribution in [0.25, 0.3) is 0 Å². The van der Waals surface area contributed by atoms with Gasteiger partial charge >= 0.3 is 12.3 Å². The van der Waals surface area contributed by atoms with E-state index in [1.165, 1.54) is 31.2 Å². The molecule has 0 saturated carbocycles. The minimum Gasteiger partial charge on any atom is -0.452 e. The van der Waals surface area contributed by atoms with E-state index in [1.807, 2.05) is 0 Å². The maximum atomic E-state index is 14.2. The van der Waals surface area contributed by atoms with Crippen molar-refractivity contribution in [2.24, 2.45) is 5.16 Å². The highest BCUT2D eigenvalue weighted by atomic mass is 35.5. The zero-order valence-corrected chi connectivity index (χ0v) is 21.3. The molecule has 8 nitrogen and oxygen atoms in total. The van der Waals surface area contributed by atoms with Gasteiger partial charge in [-0.05, 0) is 48.4 Å². The molecule has 1 unspecified atom stereocenters. The molecule has 1 heterocycles. The molecule has 14 heteroatoms. The van der Waals surface area contributed by atoms with E-state index in [0.29, 0.717) is 4.90 Å². The molecule has 194 valence electrons. The van der Waals surface area contributed by atoms with Gasteiger partial charge in [-0.25, -0.2) is 18.1 Å². The molecule has 1 aliphatic rings. The number of nitrogens with zero attached hydrogens (tertiary/aromatic N) is 2. The van der Waals surface area contributed by atoms with Crippen LogP contribution in [-0.4, -0.2) is 56.4 Å². The van der Waals surface area contributed by atoms with Gasteiger partial charge in [-0.15, -0.1) is 0 Å². The molecule has 2 aromatic rings. The molecule has 36 heavy (non-hydrogen) atoms. The summed E-state index contributed by atoms with van der Waals surface area (Å²) < 4.78 is 70.5. The van der Waals surface area contributed by atoms with Crippen molar-refractivity contribution in [3.05, 3.63) is 68.7 Å². The first-order chi connectivity index (χ1) is 16.6. The van der Waals surface area contributed by atoms with Crippen molar-refractivity contribution < 1.29 is 40.8 Å². The van der Waals surface area contributed by atoms with Crippen molar-refractivity contribution in [1.29, 1.82) is 0 Å². The molecular weight excluding hydrogens is 548 g/mol. The number of hydrogen-bond donors (Lipinski definition) is 0. The molecule has 0 fully saturated rings. The molecule has 2 aromatic carbocycles. The van der Waals surface area contributed by atoms with Crippen LogP contribution in [0.5, 0.6) is 0 Å². The Balaban J connectivity index is 1.95. The van der Waals surface area contributed by atoms with E-state index in [-0.39, 0.29) is 38.0 Å². The summed E-state index contributed by atoms with van der Waals surface area (Å²) in [5.74, 6) is -1.88. The maximum absolute atomic E-state index is 14.2. The Bertz CT molecular complexity index is 1340. The fourth-order valence-electron chi connectivity index (χ4n) is 3.61. The molecule has 0 aliphatic carbocycles. The quantitative estimate of drug-likeness (QED) is 0.499. The number of carbonyl (C=O) groups excluding carboxylic acids is 2. The Labute approximate surface area is 214 Å². The van der Waals surface area contributed by atoms with Gasteiger partial charge in [-0.3, -0.25) is 4.79 Å². The van der Waals surface area contributed by atoms with E-state index in [2.05, 4.69) is 9.89 Å². The number of amides is 2. The van der Waals surface area contributed by atoms with Crippen LogP contribution in [0.4, 0.5) is 18.0 Å². The van der Waals surface area contributed by atoms with Crippen LogP contribution >= 0.6 is 23.2 Å². The molecular formula is C22H19Cl2F3N2O6S. The fraction of sp³-hybridized carbons (Fsp3) is 0.318. The van der Waals surface area contributed by atoms with Crippen molar-refractivity contribution in [3.8, 4) is 0 Å². The zero-order chi connectivity index (χ0) is 27.1. The van der Waals surface area contributed by atoms with Gasteiger partial charge in [0.05, 0.1) is 12.8 Å². The average Bonchev–Trinajstić information content (AvgIpc) is 3.22. The first kappa shape index (κ1) is 27.8. The van der Waals surface area contributed by atoms with Gasteiger partial charge in [0.2, 0.25) is 0 Å². The average molecular weight is 567 g/mol. The number of alkyl halides is 3. The van der Waals surface area contributed by atoms with E-state index in [4.69, 9.17) is 28.0 Å². The van der Waals surface area contributed by atoms with Crippen LogP contribution < -0.4 is 0 Å². The number of benzene rings is 2. The van der Waals surface area contributed by atoms with Crippen molar-refractivity contribution in [1.82, 2.24) is 4.90 Å². The van der Waals surface area contributed by atoms with Crippen molar-refractivity contribution in [2.75, 3.05) is 19.2 Å². The molecule has 0 bridgehead atoms. The molecule has 0 radical (unpaired) electrons. The van der Waals surface area contributed by atoms with Gasteiger partial charge in [-0.1, -0.05) is 34.4 Å². The highest BCUT2D eigenvalue weighted by Gasteiger charge is 2.62. The van der Waals surface area contributed by atoms with Gasteiger partial charge in [0.15, 0.2) is 9.84 Å². The number of hydrogen-bond acceptors (Lipinski definition) is 7. The SMILES string of the molecule is COC(=O)N(CS(C)(=O)=O)C(=O)c1ccc(C2=NOC(c3cc(Cl)cc(Cl)c3)(C(F)(F)F)C2)cc1C. The van der Waals surface area contributed by atoms with Crippen LogP contribution in [0.1, 0.15) is 33.5 Å². The lowest BCUT2D eigenvalue weighted by atomic mass is 9.86. The summed E-state index contributed by atoms with van der Waals surface area (Å²) in [6.45, 7) is 1.47. The van der Waals surface area contributed by atoms with Crippen LogP contribution in [0.2, 0.25) is 10.0 Å². The first-order valence-corrected chi connectivity index (χ1v) is 12.9. The third-order valence-electron chi connectivity index (χ3n) is 5.31. The van der Waals surface area contributed by atoms with Crippen molar-refractivity contribution >= 4 is 50.8 Å². The smallest absolute Gasteiger partial charge is 0.435 e. The normalized spacial score (nSPS) is 17.8. The third kappa shape index (κ3) is 5.60. The number of ether oxygens (including phenoxy) is 1. The number of methoxy groups -OCH3 is 1. The van der Waals surface area contributed by atoms with Gasteiger partial charge in [0.1, 0.15) is 5.88 Å². The molecule has 0 aromatic heterocycles. The largest absolute Gasteiger partial charge is 0.452 e. The topological polar surface area (TPSA) is 102 Å². The first-order valence-electron chi connectivity index (χ1n) is 10.0. The van der Waals surface area contributed by atoms with Crippen LogP contribution in [0.15, 0.2) is 41.6 Å². The number of imide groups is 1. The second kappa shape index (κ2) is 9.91. The second-order valence-electron chi connectivity index (χ2n) is 8.08. The summed E-state index contributed by atoms with van der Waals surface area (Å²) >= 11 is 11.8. The standard InChI is InChI=1S/C22H19Cl2F3N2O6S/c1-12-6-13(4-5-17(12)19(30)29(20(31)34-2)11-36(3,32)33)18-10-21(35-28-18,22(25,26)27)14-7-15(23)9-16(24)8-14/h4-9H,10-11H2,1-3H3. The minimum absolute atomic E-state index is 0.0128. The Morgan fingerprint density at radius 3 is 2.28 bits per heavy atom. The highest BCUT2D eigenvalue weighted by Crippen LogP contribution is 2.49. The summed E-state index contributed by atoms with van der Waals surface area (Å²) in [5.41, 5.74) is -2.82. The maximum Gasteiger partial charge on any atom is 0.435 e. The Morgan fingerprint density at radius 1 is 1.17 bits per heavy atom. The van der Waals surface area contributed by atoms with Gasteiger partial charge in [0, 0.05) is 33.8 Å². The van der Waals surface area contributed by atoms with Gasteiger partial charge < -0.3 is 9.57 Å². The van der Waals surface area contributed by atoms with E-state index in [9.17, 15) is 31.2 Å². The molecule has 1 atom stereocenters. The summed E-state index contributed by atoms with van der Waals surface area (Å²) in [6, 6.07) is 7.41. The van der Waals surface area contributed by atoms with Crippen LogP contribution in [0, 0.1) is 6.92 Å². The summed E-state index contributed by atoms with van der Waals surface area (Å²) in [5, 5.41) is 3.64. The third-order valence-corrected chi connectivity index (χ3v) is 6.47. The summed E-state index contributed by atoms with van der Waals surface area (Å²) in [7, 11) is -2.80. The van der Waals surface area contributed by atoms with E-state index < -0.39 is 45.9 Å². The van der Waals surface area contributed by atoms with E-state index in [0.717, 1.165) is 25.5 Å².